The fourth-order valence-electron chi connectivity index (χ4n) is 0.773. The van der Waals surface area contributed by atoms with Crippen LogP contribution in [0.15, 0.2) is 24.5 Å². The molecule has 3 N–H and O–H groups in total. The van der Waals surface area contributed by atoms with Gasteiger partial charge >= 0.3 is 0 Å². The molecule has 1 rings (SSSR count). The average molecular weight is 195 g/mol. The lowest BCUT2D eigenvalue weighted by molar-refractivity contribution is 0.0959. The van der Waals surface area contributed by atoms with E-state index in [1.807, 2.05) is 0 Å². The second-order valence-electron chi connectivity index (χ2n) is 2.38. The third-order valence-electron chi connectivity index (χ3n) is 1.37. The predicted octanol–water partition coefficient (Wildman–Crippen LogP) is 0.0975. The van der Waals surface area contributed by atoms with Crippen LogP contribution >= 0.6 is 12.2 Å². The molecule has 0 bridgehead atoms. The van der Waals surface area contributed by atoms with Gasteiger partial charge in [-0.15, -0.1) is 0 Å². The highest BCUT2D eigenvalue weighted by Crippen LogP contribution is 1.94. The van der Waals surface area contributed by atoms with Gasteiger partial charge in [0, 0.05) is 18.0 Å². The number of amides is 1. The van der Waals surface area contributed by atoms with Gasteiger partial charge in [0.05, 0.1) is 11.5 Å². The first-order valence-corrected chi connectivity index (χ1v) is 4.07. The van der Waals surface area contributed by atoms with Gasteiger partial charge in [0.15, 0.2) is 0 Å². The highest BCUT2D eigenvalue weighted by molar-refractivity contribution is 7.80. The first kappa shape index (κ1) is 9.60. The summed E-state index contributed by atoms with van der Waals surface area (Å²) in [6.07, 6.45) is 3.10. The molecule has 0 spiro atoms. The van der Waals surface area contributed by atoms with Crippen LogP contribution in [0.25, 0.3) is 0 Å². The normalized spacial score (nSPS) is 9.23. The molecule has 1 aromatic rings. The van der Waals surface area contributed by atoms with E-state index in [0.29, 0.717) is 5.56 Å². The summed E-state index contributed by atoms with van der Waals surface area (Å²) in [5.74, 6) is -0.199. The summed E-state index contributed by atoms with van der Waals surface area (Å²) >= 11 is 4.61. The van der Waals surface area contributed by atoms with Crippen LogP contribution in [0.4, 0.5) is 0 Å². The Morgan fingerprint density at radius 1 is 1.54 bits per heavy atom. The van der Waals surface area contributed by atoms with Crippen LogP contribution in [0.5, 0.6) is 0 Å². The largest absolute Gasteiger partial charge is 0.392 e. The maximum Gasteiger partial charge on any atom is 0.251 e. The van der Waals surface area contributed by atoms with Gasteiger partial charge in [-0.25, -0.2) is 0 Å². The maximum atomic E-state index is 11.3. The van der Waals surface area contributed by atoms with Crippen molar-refractivity contribution in [3.05, 3.63) is 30.1 Å². The molecule has 0 aliphatic heterocycles. The lowest BCUT2D eigenvalue weighted by atomic mass is 10.2. The summed E-state index contributed by atoms with van der Waals surface area (Å²) in [5.41, 5.74) is 5.77. The van der Waals surface area contributed by atoms with Gasteiger partial charge in [-0.3, -0.25) is 9.78 Å². The first-order valence-electron chi connectivity index (χ1n) is 3.66. The monoisotopic (exact) mass is 195 g/mol. The number of carbonyl (C=O) groups excluding carboxylic acids is 1. The van der Waals surface area contributed by atoms with Crippen LogP contribution in [-0.2, 0) is 0 Å². The number of nitrogens with one attached hydrogen (secondary N) is 1. The molecule has 1 aromatic heterocycles. The number of nitrogens with zero attached hydrogens (tertiary/aromatic N) is 1. The number of carbonyl (C=O) groups is 1. The van der Waals surface area contributed by atoms with Crippen molar-refractivity contribution in [1.82, 2.24) is 10.3 Å². The molecule has 68 valence electrons. The minimum Gasteiger partial charge on any atom is -0.392 e. The van der Waals surface area contributed by atoms with E-state index in [9.17, 15) is 4.79 Å². The molecule has 0 aromatic carbocycles. The molecule has 0 aliphatic carbocycles. The first-order chi connectivity index (χ1) is 6.20. The van der Waals surface area contributed by atoms with Crippen LogP contribution in [0, 0.1) is 0 Å². The van der Waals surface area contributed by atoms with Crippen LogP contribution in [-0.4, -0.2) is 22.4 Å². The molecule has 0 saturated heterocycles. The molecule has 4 nitrogen and oxygen atoms in total. The molecule has 1 amide bonds. The fraction of sp³-hybridized carbons (Fsp3) is 0.125. The molecule has 5 heteroatoms. The number of aromatic nitrogens is 1. The summed E-state index contributed by atoms with van der Waals surface area (Å²) in [5, 5.41) is 2.57. The van der Waals surface area contributed by atoms with Gasteiger partial charge in [-0.1, -0.05) is 12.2 Å². The Hall–Kier alpha value is -1.49. The van der Waals surface area contributed by atoms with Crippen LogP contribution in [0.2, 0.25) is 0 Å². The highest BCUT2D eigenvalue weighted by atomic mass is 32.1. The number of thiocarbonyl (C=S) groups is 1. The Bertz CT molecular complexity index is 312. The van der Waals surface area contributed by atoms with E-state index < -0.39 is 0 Å². The summed E-state index contributed by atoms with van der Waals surface area (Å²) in [4.78, 5) is 15.4. The molecule has 1 heterocycles. The van der Waals surface area contributed by atoms with Gasteiger partial charge < -0.3 is 11.1 Å². The van der Waals surface area contributed by atoms with Gasteiger partial charge in [0.25, 0.3) is 5.91 Å². The smallest absolute Gasteiger partial charge is 0.251 e. The lowest BCUT2D eigenvalue weighted by Gasteiger charge is -2.02. The Kier molecular flexibility index (Phi) is 3.33. The predicted molar refractivity (Wildman–Crippen MR) is 53.4 cm³/mol. The maximum absolute atomic E-state index is 11.3. The zero-order chi connectivity index (χ0) is 9.68. The summed E-state index contributed by atoms with van der Waals surface area (Å²) in [6, 6.07) is 3.24. The highest BCUT2D eigenvalue weighted by Gasteiger charge is 2.03. The molecule has 0 saturated carbocycles. The van der Waals surface area contributed by atoms with E-state index in [2.05, 4.69) is 22.5 Å². The van der Waals surface area contributed by atoms with Gasteiger partial charge in [0.2, 0.25) is 0 Å². The Labute approximate surface area is 81.2 Å². The molecule has 0 aliphatic rings. The SMILES string of the molecule is NC(=S)CNC(=O)c1ccncc1. The van der Waals surface area contributed by atoms with Crippen molar-refractivity contribution in [2.75, 3.05) is 6.54 Å². The number of rotatable bonds is 3. The van der Waals surface area contributed by atoms with E-state index in [-0.39, 0.29) is 17.4 Å². The van der Waals surface area contributed by atoms with Crippen molar-refractivity contribution in [2.24, 2.45) is 5.73 Å². The van der Waals surface area contributed by atoms with Gasteiger partial charge in [-0.2, -0.15) is 0 Å². The number of hydrogen-bond acceptors (Lipinski definition) is 3. The molecule has 0 unspecified atom stereocenters. The standard InChI is InChI=1S/C8H9N3OS/c9-7(13)5-11-8(12)6-1-3-10-4-2-6/h1-4H,5H2,(H2,9,13)(H,11,12). The summed E-state index contributed by atoms with van der Waals surface area (Å²) in [7, 11) is 0. The summed E-state index contributed by atoms with van der Waals surface area (Å²) < 4.78 is 0. The van der Waals surface area contributed by atoms with E-state index in [0.717, 1.165) is 0 Å². The quantitative estimate of drug-likeness (QED) is 0.671. The Morgan fingerprint density at radius 3 is 2.69 bits per heavy atom. The number of hydrogen-bond donors (Lipinski definition) is 2. The zero-order valence-corrected chi connectivity index (χ0v) is 7.67. The number of pyridine rings is 1. The van der Waals surface area contributed by atoms with Gasteiger partial charge in [-0.05, 0) is 12.1 Å². The fourth-order valence-corrected chi connectivity index (χ4v) is 0.845. The summed E-state index contributed by atoms with van der Waals surface area (Å²) in [6.45, 7) is 0.219. The van der Waals surface area contributed by atoms with E-state index >= 15 is 0 Å². The topological polar surface area (TPSA) is 68.0 Å². The van der Waals surface area contributed by atoms with Crippen LogP contribution in [0.3, 0.4) is 0 Å². The minimum atomic E-state index is -0.199. The van der Waals surface area contributed by atoms with Crippen molar-refractivity contribution in [2.45, 2.75) is 0 Å². The lowest BCUT2D eigenvalue weighted by Crippen LogP contribution is -2.32. The van der Waals surface area contributed by atoms with Crippen molar-refractivity contribution < 1.29 is 4.79 Å². The van der Waals surface area contributed by atoms with E-state index in [4.69, 9.17) is 5.73 Å². The molecule has 0 fully saturated rings. The number of nitrogens with two attached hydrogens (primary N) is 1. The molecular weight excluding hydrogens is 186 g/mol. The molecule has 0 radical (unpaired) electrons. The molecular formula is C8H9N3OS. The molecule has 0 atom stereocenters. The van der Waals surface area contributed by atoms with E-state index in [1.165, 1.54) is 0 Å². The Balaban J connectivity index is 2.54. The second-order valence-corrected chi connectivity index (χ2v) is 2.91. The molecule has 13 heavy (non-hydrogen) atoms. The van der Waals surface area contributed by atoms with Crippen molar-refractivity contribution in [3.8, 4) is 0 Å². The second kappa shape index (κ2) is 4.51. The van der Waals surface area contributed by atoms with Crippen molar-refractivity contribution in [3.63, 3.8) is 0 Å². The van der Waals surface area contributed by atoms with Crippen molar-refractivity contribution >= 4 is 23.1 Å². The Morgan fingerprint density at radius 2 is 2.15 bits per heavy atom. The van der Waals surface area contributed by atoms with Crippen LogP contribution < -0.4 is 11.1 Å². The third kappa shape index (κ3) is 3.16. The van der Waals surface area contributed by atoms with E-state index in [1.54, 1.807) is 24.5 Å². The van der Waals surface area contributed by atoms with Gasteiger partial charge in [0.1, 0.15) is 0 Å². The third-order valence-corrected chi connectivity index (χ3v) is 1.51. The zero-order valence-electron chi connectivity index (χ0n) is 6.86. The average Bonchev–Trinajstić information content (AvgIpc) is 2.15. The minimum absolute atomic E-state index is 0.199. The van der Waals surface area contributed by atoms with Crippen molar-refractivity contribution in [1.29, 1.82) is 0 Å². The van der Waals surface area contributed by atoms with Crippen LogP contribution in [0.1, 0.15) is 10.4 Å².